The molecule has 0 radical (unpaired) electrons. The standard InChI is InChI=1S/C15H11ClF3N3O/c16-12-4-10-3-9(1-2-13(10)20-5-12)6-22-7-11(8-23)14(21-22)15(17,18)19/h1-5,7,23H,6,8H2. The Morgan fingerprint density at radius 2 is 2.00 bits per heavy atom. The number of benzene rings is 1. The molecule has 0 spiro atoms. The number of rotatable bonds is 3. The number of aliphatic hydroxyl groups excluding tert-OH is 1. The molecule has 0 atom stereocenters. The highest BCUT2D eigenvalue weighted by Gasteiger charge is 2.36. The number of pyridine rings is 1. The molecule has 1 aromatic carbocycles. The van der Waals surface area contributed by atoms with E-state index >= 15 is 0 Å². The monoisotopic (exact) mass is 341 g/mol. The lowest BCUT2D eigenvalue weighted by Gasteiger charge is -2.05. The molecule has 1 N–H and O–H groups in total. The minimum atomic E-state index is -4.59. The van der Waals surface area contributed by atoms with Gasteiger partial charge in [0.2, 0.25) is 0 Å². The molecule has 2 aromatic heterocycles. The van der Waals surface area contributed by atoms with Gasteiger partial charge in [-0.3, -0.25) is 9.67 Å². The van der Waals surface area contributed by atoms with Gasteiger partial charge in [0.05, 0.1) is 23.7 Å². The van der Waals surface area contributed by atoms with Crippen LogP contribution in [0.25, 0.3) is 10.9 Å². The van der Waals surface area contributed by atoms with Gasteiger partial charge < -0.3 is 5.11 Å². The number of alkyl halides is 3. The van der Waals surface area contributed by atoms with E-state index in [2.05, 4.69) is 10.1 Å². The van der Waals surface area contributed by atoms with Crippen LogP contribution in [-0.4, -0.2) is 19.9 Å². The maximum atomic E-state index is 12.8. The van der Waals surface area contributed by atoms with Gasteiger partial charge in [-0.25, -0.2) is 0 Å². The second-order valence-corrected chi connectivity index (χ2v) is 5.47. The highest BCUT2D eigenvalue weighted by molar-refractivity contribution is 6.31. The topological polar surface area (TPSA) is 50.9 Å². The Kier molecular flexibility index (Phi) is 3.99. The average Bonchev–Trinajstić information content (AvgIpc) is 2.90. The third kappa shape index (κ3) is 3.30. The molecule has 0 fully saturated rings. The van der Waals surface area contributed by atoms with Gasteiger partial charge in [0.1, 0.15) is 0 Å². The van der Waals surface area contributed by atoms with Gasteiger partial charge in [-0.05, 0) is 23.8 Å². The Bertz CT molecular complexity index is 861. The van der Waals surface area contributed by atoms with Crippen LogP contribution in [0.2, 0.25) is 5.02 Å². The van der Waals surface area contributed by atoms with Crippen molar-refractivity contribution >= 4 is 22.5 Å². The second kappa shape index (κ2) is 5.82. The van der Waals surface area contributed by atoms with Crippen molar-refractivity contribution in [3.8, 4) is 0 Å². The summed E-state index contributed by atoms with van der Waals surface area (Å²) < 4.78 is 39.7. The Morgan fingerprint density at radius 3 is 2.65 bits per heavy atom. The van der Waals surface area contributed by atoms with Crippen molar-refractivity contribution in [2.75, 3.05) is 0 Å². The molecule has 0 unspecified atom stereocenters. The van der Waals surface area contributed by atoms with Crippen LogP contribution in [0, 0.1) is 0 Å². The van der Waals surface area contributed by atoms with Crippen LogP contribution >= 0.6 is 11.6 Å². The smallest absolute Gasteiger partial charge is 0.392 e. The van der Waals surface area contributed by atoms with Crippen molar-refractivity contribution in [2.45, 2.75) is 19.3 Å². The summed E-state index contributed by atoms with van der Waals surface area (Å²) in [5.41, 5.74) is 0.182. The van der Waals surface area contributed by atoms with E-state index in [-0.39, 0.29) is 12.1 Å². The molecule has 0 aliphatic rings. The Labute approximate surface area is 134 Å². The minimum absolute atomic E-state index is 0.144. The number of hydrogen-bond acceptors (Lipinski definition) is 3. The molecule has 4 nitrogen and oxygen atoms in total. The molecule has 8 heteroatoms. The van der Waals surface area contributed by atoms with Crippen LogP contribution in [0.5, 0.6) is 0 Å². The van der Waals surface area contributed by atoms with E-state index in [1.54, 1.807) is 24.3 Å². The molecule has 23 heavy (non-hydrogen) atoms. The van der Waals surface area contributed by atoms with E-state index in [9.17, 15) is 13.2 Å². The molecule has 0 saturated heterocycles. The van der Waals surface area contributed by atoms with Gasteiger partial charge in [0.25, 0.3) is 0 Å². The molecule has 3 rings (SSSR count). The quantitative estimate of drug-likeness (QED) is 0.791. The minimum Gasteiger partial charge on any atom is -0.392 e. The second-order valence-electron chi connectivity index (χ2n) is 5.04. The first kappa shape index (κ1) is 15.8. The Hall–Kier alpha value is -2.12. The van der Waals surface area contributed by atoms with E-state index in [0.29, 0.717) is 5.02 Å². The van der Waals surface area contributed by atoms with E-state index in [1.807, 2.05) is 0 Å². The first-order valence-corrected chi connectivity index (χ1v) is 7.03. The van der Waals surface area contributed by atoms with Crippen molar-refractivity contribution in [1.82, 2.24) is 14.8 Å². The van der Waals surface area contributed by atoms with Crippen molar-refractivity contribution in [2.24, 2.45) is 0 Å². The molecule has 0 amide bonds. The number of aliphatic hydroxyl groups is 1. The fourth-order valence-corrected chi connectivity index (χ4v) is 2.50. The lowest BCUT2D eigenvalue weighted by Crippen LogP contribution is -2.10. The average molecular weight is 342 g/mol. The van der Waals surface area contributed by atoms with Crippen LogP contribution in [0.4, 0.5) is 13.2 Å². The molecule has 2 heterocycles. The maximum Gasteiger partial charge on any atom is 0.435 e. The summed E-state index contributed by atoms with van der Waals surface area (Å²) in [5.74, 6) is 0. The fraction of sp³-hybridized carbons (Fsp3) is 0.200. The van der Waals surface area contributed by atoms with Crippen molar-refractivity contribution in [1.29, 1.82) is 0 Å². The first-order valence-electron chi connectivity index (χ1n) is 6.65. The van der Waals surface area contributed by atoms with E-state index in [4.69, 9.17) is 16.7 Å². The lowest BCUT2D eigenvalue weighted by molar-refractivity contribution is -0.142. The number of nitrogens with zero attached hydrogens (tertiary/aromatic N) is 3. The third-order valence-electron chi connectivity index (χ3n) is 3.33. The first-order chi connectivity index (χ1) is 10.9. The molecule has 0 aliphatic heterocycles. The molecule has 3 aromatic rings. The van der Waals surface area contributed by atoms with Crippen molar-refractivity contribution in [3.63, 3.8) is 0 Å². The van der Waals surface area contributed by atoms with E-state index < -0.39 is 18.5 Å². The number of hydrogen-bond donors (Lipinski definition) is 1. The van der Waals surface area contributed by atoms with Gasteiger partial charge in [-0.15, -0.1) is 0 Å². The summed E-state index contributed by atoms with van der Waals surface area (Å²) in [6.45, 7) is -0.572. The van der Waals surface area contributed by atoms with Gasteiger partial charge in [0.15, 0.2) is 5.69 Å². The number of fused-ring (bicyclic) bond motifs is 1. The SMILES string of the molecule is OCc1cn(Cc2ccc3ncc(Cl)cc3c2)nc1C(F)(F)F. The van der Waals surface area contributed by atoms with Gasteiger partial charge in [-0.2, -0.15) is 18.3 Å². The predicted molar refractivity (Wildman–Crippen MR) is 79.0 cm³/mol. The van der Waals surface area contributed by atoms with Crippen molar-refractivity contribution in [3.05, 3.63) is 58.5 Å². The summed E-state index contributed by atoms with van der Waals surface area (Å²) >= 11 is 5.89. The molecular formula is C15H11ClF3N3O. The predicted octanol–water partition coefficient (Wildman–Crippen LogP) is 3.64. The van der Waals surface area contributed by atoms with Crippen LogP contribution in [0.1, 0.15) is 16.8 Å². The highest BCUT2D eigenvalue weighted by Crippen LogP contribution is 2.31. The van der Waals surface area contributed by atoms with Crippen LogP contribution in [0.3, 0.4) is 0 Å². The molecule has 0 bridgehead atoms. The van der Waals surface area contributed by atoms with E-state index in [0.717, 1.165) is 21.1 Å². The zero-order valence-corrected chi connectivity index (χ0v) is 12.4. The van der Waals surface area contributed by atoms with Crippen LogP contribution in [-0.2, 0) is 19.3 Å². The maximum absolute atomic E-state index is 12.8. The summed E-state index contributed by atoms with van der Waals surface area (Å²) in [7, 11) is 0. The van der Waals surface area contributed by atoms with E-state index in [1.165, 1.54) is 12.4 Å². The zero-order chi connectivity index (χ0) is 16.6. The van der Waals surface area contributed by atoms with Crippen LogP contribution in [0.15, 0.2) is 36.7 Å². The van der Waals surface area contributed by atoms with Crippen molar-refractivity contribution < 1.29 is 18.3 Å². The highest BCUT2D eigenvalue weighted by atomic mass is 35.5. The largest absolute Gasteiger partial charge is 0.435 e. The molecule has 0 saturated carbocycles. The zero-order valence-electron chi connectivity index (χ0n) is 11.7. The summed E-state index contributed by atoms with van der Waals surface area (Å²) in [4.78, 5) is 4.16. The third-order valence-corrected chi connectivity index (χ3v) is 3.54. The molecule has 120 valence electrons. The number of halogens is 4. The normalized spacial score (nSPS) is 12.0. The summed E-state index contributed by atoms with van der Waals surface area (Å²) in [6, 6.07) is 7.05. The fourth-order valence-electron chi connectivity index (χ4n) is 2.34. The van der Waals surface area contributed by atoms with Gasteiger partial charge >= 0.3 is 6.18 Å². The lowest BCUT2D eigenvalue weighted by atomic mass is 10.1. The Morgan fingerprint density at radius 1 is 1.22 bits per heavy atom. The molecule has 0 aliphatic carbocycles. The number of aromatic nitrogens is 3. The van der Waals surface area contributed by atoms with Crippen LogP contribution < -0.4 is 0 Å². The van der Waals surface area contributed by atoms with Gasteiger partial charge in [0, 0.05) is 23.3 Å². The summed E-state index contributed by atoms with van der Waals surface area (Å²) in [6.07, 6.45) is -1.87. The summed E-state index contributed by atoms with van der Waals surface area (Å²) in [5, 5.41) is 13.9. The van der Waals surface area contributed by atoms with Gasteiger partial charge in [-0.1, -0.05) is 17.7 Å². The Balaban J connectivity index is 1.94. The molecular weight excluding hydrogens is 331 g/mol.